The van der Waals surface area contributed by atoms with E-state index in [9.17, 15) is 9.59 Å². The third-order valence-corrected chi connectivity index (χ3v) is 4.08. The van der Waals surface area contributed by atoms with Crippen molar-refractivity contribution in [2.75, 3.05) is 5.32 Å². The van der Waals surface area contributed by atoms with Crippen LogP contribution in [-0.4, -0.2) is 21.4 Å². The average Bonchev–Trinajstić information content (AvgIpc) is 3.03. The zero-order valence-electron chi connectivity index (χ0n) is 12.5. The lowest BCUT2D eigenvalue weighted by Crippen LogP contribution is -2.10. The topological polar surface area (TPSA) is 90.0 Å². The molecule has 1 aliphatic rings. The Morgan fingerprint density at radius 1 is 1.26 bits per heavy atom. The summed E-state index contributed by atoms with van der Waals surface area (Å²) in [4.78, 5) is 27.3. The first-order valence-corrected chi connectivity index (χ1v) is 7.25. The van der Waals surface area contributed by atoms with Crippen molar-refractivity contribution in [3.05, 3.63) is 53.3 Å². The highest BCUT2D eigenvalue weighted by atomic mass is 16.2. The second-order valence-corrected chi connectivity index (χ2v) is 5.63. The Bertz CT molecular complexity index is 988. The van der Waals surface area contributed by atoms with E-state index in [1.807, 2.05) is 35.8 Å². The largest absolute Gasteiger partial charge is 0.366 e. The number of hydrogen-bond acceptors (Lipinski definition) is 3. The van der Waals surface area contributed by atoms with Crippen LogP contribution in [0.2, 0.25) is 0 Å². The summed E-state index contributed by atoms with van der Waals surface area (Å²) in [7, 11) is 0. The fourth-order valence-electron chi connectivity index (χ4n) is 3.03. The van der Waals surface area contributed by atoms with Crippen molar-refractivity contribution in [2.24, 2.45) is 5.73 Å². The van der Waals surface area contributed by atoms with Gasteiger partial charge in [-0.15, -0.1) is 0 Å². The van der Waals surface area contributed by atoms with E-state index < -0.39 is 5.91 Å². The lowest BCUT2D eigenvalue weighted by molar-refractivity contribution is -0.115. The van der Waals surface area contributed by atoms with Gasteiger partial charge >= 0.3 is 0 Å². The molecule has 2 amide bonds. The zero-order valence-corrected chi connectivity index (χ0v) is 12.5. The molecule has 2 aromatic carbocycles. The predicted molar refractivity (Wildman–Crippen MR) is 86.7 cm³/mol. The lowest BCUT2D eigenvalue weighted by Gasteiger charge is -2.09. The van der Waals surface area contributed by atoms with E-state index in [2.05, 4.69) is 10.3 Å². The summed E-state index contributed by atoms with van der Waals surface area (Å²) in [5, 5.41) is 2.83. The highest BCUT2D eigenvalue weighted by Gasteiger charge is 2.19. The summed E-state index contributed by atoms with van der Waals surface area (Å²) in [5.41, 5.74) is 10.1. The molecular formula is C17H14N4O2. The van der Waals surface area contributed by atoms with E-state index in [0.29, 0.717) is 17.5 Å². The minimum absolute atomic E-state index is 0.00969. The van der Waals surface area contributed by atoms with Crippen molar-refractivity contribution in [3.63, 3.8) is 0 Å². The van der Waals surface area contributed by atoms with Crippen LogP contribution in [0, 0.1) is 6.92 Å². The predicted octanol–water partition coefficient (Wildman–Crippen LogP) is 1.93. The van der Waals surface area contributed by atoms with Gasteiger partial charge in [-0.25, -0.2) is 4.98 Å². The maximum absolute atomic E-state index is 11.5. The van der Waals surface area contributed by atoms with Gasteiger partial charge in [0.2, 0.25) is 11.8 Å². The number of anilines is 1. The first-order valence-electron chi connectivity index (χ1n) is 7.25. The van der Waals surface area contributed by atoms with Gasteiger partial charge in [0.25, 0.3) is 0 Å². The van der Waals surface area contributed by atoms with Gasteiger partial charge in [-0.3, -0.25) is 14.2 Å². The van der Waals surface area contributed by atoms with E-state index in [1.165, 1.54) is 0 Å². The van der Waals surface area contributed by atoms with Crippen molar-refractivity contribution in [1.29, 1.82) is 0 Å². The Kier molecular flexibility index (Phi) is 2.74. The molecule has 0 aliphatic carbocycles. The van der Waals surface area contributed by atoms with Crippen LogP contribution >= 0.6 is 0 Å². The van der Waals surface area contributed by atoms with Gasteiger partial charge in [0.1, 0.15) is 5.82 Å². The number of aromatic nitrogens is 2. The van der Waals surface area contributed by atoms with Crippen LogP contribution in [0.3, 0.4) is 0 Å². The maximum Gasteiger partial charge on any atom is 0.248 e. The Balaban J connectivity index is 1.89. The highest BCUT2D eigenvalue weighted by molar-refractivity contribution is 5.99. The van der Waals surface area contributed by atoms with Crippen LogP contribution < -0.4 is 11.1 Å². The van der Waals surface area contributed by atoms with Crippen LogP contribution in [0.1, 0.15) is 21.7 Å². The van der Waals surface area contributed by atoms with E-state index in [1.54, 1.807) is 12.1 Å². The van der Waals surface area contributed by atoms with E-state index >= 15 is 0 Å². The third kappa shape index (κ3) is 2.07. The summed E-state index contributed by atoms with van der Waals surface area (Å²) < 4.78 is 2.00. The summed E-state index contributed by atoms with van der Waals surface area (Å²) in [5.74, 6) is 0.343. The first kappa shape index (κ1) is 13.5. The molecule has 0 unspecified atom stereocenters. The number of hydrogen-bond donors (Lipinski definition) is 2. The molecule has 0 radical (unpaired) electrons. The number of benzene rings is 2. The SMILES string of the molecule is Cc1nc2cc(C(N)=O)ccc2n1-c1ccc2c(c1)CC(=O)N2. The Labute approximate surface area is 131 Å². The van der Waals surface area contributed by atoms with Crippen LogP contribution in [0.5, 0.6) is 0 Å². The molecule has 0 fully saturated rings. The monoisotopic (exact) mass is 306 g/mol. The van der Waals surface area contributed by atoms with E-state index in [0.717, 1.165) is 28.3 Å². The molecule has 0 spiro atoms. The Hall–Kier alpha value is -3.15. The molecular weight excluding hydrogens is 292 g/mol. The van der Waals surface area contributed by atoms with Crippen LogP contribution in [0.15, 0.2) is 36.4 Å². The first-order chi connectivity index (χ1) is 11.0. The molecule has 0 bridgehead atoms. The van der Waals surface area contributed by atoms with Gasteiger partial charge in [-0.05, 0) is 48.9 Å². The molecule has 3 aromatic rings. The van der Waals surface area contributed by atoms with Gasteiger partial charge < -0.3 is 11.1 Å². The van der Waals surface area contributed by atoms with Crippen LogP contribution in [0.4, 0.5) is 5.69 Å². The zero-order chi connectivity index (χ0) is 16.1. The molecule has 23 heavy (non-hydrogen) atoms. The minimum atomic E-state index is -0.471. The summed E-state index contributed by atoms with van der Waals surface area (Å²) >= 11 is 0. The van der Waals surface area contributed by atoms with Crippen molar-refractivity contribution in [1.82, 2.24) is 9.55 Å². The second kappa shape index (κ2) is 4.67. The van der Waals surface area contributed by atoms with Crippen molar-refractivity contribution >= 4 is 28.5 Å². The number of imidazole rings is 1. The van der Waals surface area contributed by atoms with Crippen LogP contribution in [0.25, 0.3) is 16.7 Å². The number of primary amides is 1. The van der Waals surface area contributed by atoms with Gasteiger partial charge in [0.05, 0.1) is 17.5 Å². The number of nitrogens with zero attached hydrogens (tertiary/aromatic N) is 2. The van der Waals surface area contributed by atoms with Gasteiger partial charge in [0, 0.05) is 16.9 Å². The smallest absolute Gasteiger partial charge is 0.248 e. The summed E-state index contributed by atoms with van der Waals surface area (Å²) in [6.07, 6.45) is 0.390. The molecule has 4 rings (SSSR count). The number of carbonyl (C=O) groups excluding carboxylic acids is 2. The molecule has 3 N–H and O–H groups in total. The molecule has 0 atom stereocenters. The Morgan fingerprint density at radius 2 is 2.09 bits per heavy atom. The van der Waals surface area contributed by atoms with Gasteiger partial charge in [-0.2, -0.15) is 0 Å². The van der Waals surface area contributed by atoms with E-state index in [4.69, 9.17) is 5.73 Å². The molecule has 0 saturated carbocycles. The molecule has 0 saturated heterocycles. The number of carbonyl (C=O) groups is 2. The number of nitrogens with one attached hydrogen (secondary N) is 1. The van der Waals surface area contributed by atoms with Crippen LogP contribution in [-0.2, 0) is 11.2 Å². The lowest BCUT2D eigenvalue weighted by atomic mass is 10.1. The van der Waals surface area contributed by atoms with Crippen molar-refractivity contribution in [2.45, 2.75) is 13.3 Å². The fraction of sp³-hybridized carbons (Fsp3) is 0.118. The third-order valence-electron chi connectivity index (χ3n) is 4.08. The number of rotatable bonds is 2. The van der Waals surface area contributed by atoms with Gasteiger partial charge in [0.15, 0.2) is 0 Å². The molecule has 6 nitrogen and oxygen atoms in total. The fourth-order valence-corrected chi connectivity index (χ4v) is 3.03. The summed E-state index contributed by atoms with van der Waals surface area (Å²) in [6.45, 7) is 1.90. The quantitative estimate of drug-likeness (QED) is 0.758. The highest BCUT2D eigenvalue weighted by Crippen LogP contribution is 2.28. The number of nitrogens with two attached hydrogens (primary N) is 1. The molecule has 1 aromatic heterocycles. The molecule has 114 valence electrons. The molecule has 2 heterocycles. The summed E-state index contributed by atoms with van der Waals surface area (Å²) in [6, 6.07) is 11.1. The van der Waals surface area contributed by atoms with Crippen molar-refractivity contribution in [3.8, 4) is 5.69 Å². The second-order valence-electron chi connectivity index (χ2n) is 5.63. The Morgan fingerprint density at radius 3 is 2.87 bits per heavy atom. The van der Waals surface area contributed by atoms with Gasteiger partial charge in [-0.1, -0.05) is 0 Å². The minimum Gasteiger partial charge on any atom is -0.366 e. The molecule has 6 heteroatoms. The standard InChI is InChI=1S/C17H14N4O2/c1-9-19-14-7-10(17(18)23)2-5-15(14)21(9)12-3-4-13-11(6-12)8-16(22)20-13/h2-7H,8H2,1H3,(H2,18,23)(H,20,22). The maximum atomic E-state index is 11.5. The normalized spacial score (nSPS) is 13.2. The number of amides is 2. The number of aryl methyl sites for hydroxylation is 1. The van der Waals surface area contributed by atoms with E-state index in [-0.39, 0.29) is 5.91 Å². The average molecular weight is 306 g/mol. The number of fused-ring (bicyclic) bond motifs is 2. The molecule has 1 aliphatic heterocycles. The van der Waals surface area contributed by atoms with Crippen molar-refractivity contribution < 1.29 is 9.59 Å².